The molecule has 1 saturated carbocycles. The Hall–Kier alpha value is 0.650. The molecule has 17 heavy (non-hydrogen) atoms. The number of halogens is 1. The zero-order valence-corrected chi connectivity index (χ0v) is 12.1. The Balaban J connectivity index is 1.64. The minimum atomic E-state index is 0.594. The van der Waals surface area contributed by atoms with Crippen molar-refractivity contribution in [1.82, 2.24) is 9.80 Å². The van der Waals surface area contributed by atoms with E-state index in [0.29, 0.717) is 6.17 Å². The molecule has 0 N–H and O–H groups in total. The summed E-state index contributed by atoms with van der Waals surface area (Å²) in [6, 6.07) is 1.71. The lowest BCUT2D eigenvalue weighted by Crippen LogP contribution is -2.44. The van der Waals surface area contributed by atoms with Crippen LogP contribution in [0.2, 0.25) is 0 Å². The van der Waals surface area contributed by atoms with Gasteiger partial charge in [0.2, 0.25) is 0 Å². The molecule has 0 aromatic carbocycles. The van der Waals surface area contributed by atoms with Crippen LogP contribution in [0, 0.1) is 29.1 Å². The van der Waals surface area contributed by atoms with Gasteiger partial charge >= 0.3 is 0 Å². The van der Waals surface area contributed by atoms with Crippen molar-refractivity contribution in [3.63, 3.8) is 0 Å². The van der Waals surface area contributed by atoms with Crippen molar-refractivity contribution in [2.75, 3.05) is 13.1 Å². The molecule has 3 aliphatic heterocycles. The van der Waals surface area contributed by atoms with Crippen LogP contribution in [-0.4, -0.2) is 41.1 Å². The quantitative estimate of drug-likeness (QED) is 0.676. The van der Waals surface area contributed by atoms with Gasteiger partial charge in [0.15, 0.2) is 0 Å². The summed E-state index contributed by atoms with van der Waals surface area (Å²) < 4.78 is 1.45. The fourth-order valence-electron chi connectivity index (χ4n) is 4.23. The second-order valence-electron chi connectivity index (χ2n) is 5.60. The molecular formula is C14H18IN2. The molecule has 3 heteroatoms. The molecule has 4 rings (SSSR count). The van der Waals surface area contributed by atoms with E-state index in [4.69, 9.17) is 0 Å². The van der Waals surface area contributed by atoms with E-state index >= 15 is 0 Å². The minimum Gasteiger partial charge on any atom is -0.283 e. The maximum atomic E-state index is 2.78. The van der Waals surface area contributed by atoms with E-state index in [1.54, 1.807) is 5.92 Å². The number of hydrogen-bond acceptors (Lipinski definition) is 2. The molecule has 3 saturated heterocycles. The van der Waals surface area contributed by atoms with Gasteiger partial charge in [-0.2, -0.15) is 0 Å². The zero-order valence-electron chi connectivity index (χ0n) is 9.98. The average molecular weight is 341 g/mol. The number of nitrogens with zero attached hydrogens (tertiary/aromatic N) is 2. The van der Waals surface area contributed by atoms with Gasteiger partial charge in [-0.3, -0.25) is 9.80 Å². The first-order valence-corrected chi connectivity index (χ1v) is 7.87. The van der Waals surface area contributed by atoms with Crippen LogP contribution in [0.5, 0.6) is 0 Å². The third kappa shape index (κ3) is 1.64. The fourth-order valence-corrected chi connectivity index (χ4v) is 4.90. The summed E-state index contributed by atoms with van der Waals surface area (Å²) in [6.07, 6.45) is 13.1. The maximum absolute atomic E-state index is 2.78. The minimum absolute atomic E-state index is 0.594. The van der Waals surface area contributed by atoms with Crippen LogP contribution in [-0.2, 0) is 0 Å². The molecule has 4 aliphatic rings. The highest BCUT2D eigenvalue weighted by Crippen LogP contribution is 2.50. The lowest BCUT2D eigenvalue weighted by atomic mass is 10.0. The Labute approximate surface area is 118 Å². The third-order valence-electron chi connectivity index (χ3n) is 4.83. The van der Waals surface area contributed by atoms with Gasteiger partial charge < -0.3 is 0 Å². The maximum Gasteiger partial charge on any atom is 0.0710 e. The Morgan fingerprint density at radius 1 is 1.00 bits per heavy atom. The van der Waals surface area contributed by atoms with Crippen molar-refractivity contribution in [1.29, 1.82) is 0 Å². The highest BCUT2D eigenvalue weighted by Gasteiger charge is 2.54. The summed E-state index contributed by atoms with van der Waals surface area (Å²) in [5, 5.41) is 0. The van der Waals surface area contributed by atoms with Gasteiger partial charge in [0.05, 0.1) is 10.1 Å². The molecule has 2 nitrogen and oxygen atoms in total. The molecule has 0 bridgehead atoms. The monoisotopic (exact) mass is 341 g/mol. The van der Waals surface area contributed by atoms with Crippen molar-refractivity contribution in [2.45, 2.75) is 43.9 Å². The number of fused-ring (bicyclic) bond motifs is 3. The van der Waals surface area contributed by atoms with Crippen LogP contribution in [0.1, 0.15) is 25.7 Å². The first-order chi connectivity index (χ1) is 8.36. The predicted molar refractivity (Wildman–Crippen MR) is 76.7 cm³/mol. The molecule has 0 aromatic heterocycles. The molecule has 2 atom stereocenters. The molecule has 5 radical (unpaired) electrons. The van der Waals surface area contributed by atoms with Gasteiger partial charge in [-0.05, 0) is 44.9 Å². The second-order valence-corrected chi connectivity index (χ2v) is 6.76. The van der Waals surface area contributed by atoms with Crippen molar-refractivity contribution in [2.24, 2.45) is 0 Å². The number of hydrogen-bond donors (Lipinski definition) is 0. The van der Waals surface area contributed by atoms with Crippen LogP contribution >= 0.6 is 22.6 Å². The molecule has 4 fully saturated rings. The molecule has 0 unspecified atom stereocenters. The Kier molecular flexibility index (Phi) is 2.93. The fraction of sp³-hybridized carbons (Fsp3) is 0.643. The lowest BCUT2D eigenvalue weighted by molar-refractivity contribution is 0.162. The van der Waals surface area contributed by atoms with Gasteiger partial charge in [-0.25, -0.2) is 0 Å². The Bertz CT molecular complexity index is 283. The summed E-state index contributed by atoms with van der Waals surface area (Å²) in [5.41, 5.74) is 0. The first kappa shape index (κ1) is 11.5. The van der Waals surface area contributed by atoms with Gasteiger partial charge in [0.1, 0.15) is 0 Å². The van der Waals surface area contributed by atoms with Gasteiger partial charge in [0, 0.05) is 31.1 Å². The standard InChI is InChI=1S/C14H18IN2/c15-11-5-1-4-10(11)14-16-8-2-6-12(16)13-7-3-9-17(13)14/h1,4-5,12-14H,2-3,6-9H2/t12-,13-/m1/s1. The highest BCUT2D eigenvalue weighted by molar-refractivity contribution is 14.1. The van der Waals surface area contributed by atoms with Crippen molar-refractivity contribution in [3.8, 4) is 0 Å². The summed E-state index contributed by atoms with van der Waals surface area (Å²) in [7, 11) is 0. The SMILES string of the molecule is I[C]1[CH][CH][CH][C]1C1N2CCC[C@@H]2[C@H]2CCCN12. The average Bonchev–Trinajstić information content (AvgIpc) is 3.00. The van der Waals surface area contributed by atoms with Gasteiger partial charge in [-0.1, -0.05) is 22.6 Å². The largest absolute Gasteiger partial charge is 0.283 e. The zero-order chi connectivity index (χ0) is 11.4. The van der Waals surface area contributed by atoms with E-state index in [1.165, 1.54) is 42.7 Å². The van der Waals surface area contributed by atoms with E-state index in [0.717, 1.165) is 12.1 Å². The smallest absolute Gasteiger partial charge is 0.0710 e. The molecule has 0 spiro atoms. The molecule has 3 heterocycles. The normalized spacial score (nSPS) is 41.5. The lowest BCUT2D eigenvalue weighted by Gasteiger charge is -2.34. The topological polar surface area (TPSA) is 6.48 Å². The van der Waals surface area contributed by atoms with E-state index in [1.807, 2.05) is 0 Å². The highest BCUT2D eigenvalue weighted by atomic mass is 127. The van der Waals surface area contributed by atoms with E-state index in [9.17, 15) is 0 Å². The van der Waals surface area contributed by atoms with Crippen LogP contribution in [0.4, 0.5) is 0 Å². The van der Waals surface area contributed by atoms with Crippen molar-refractivity contribution in [3.05, 3.63) is 29.1 Å². The van der Waals surface area contributed by atoms with Gasteiger partial charge in [-0.15, -0.1) is 0 Å². The summed E-state index contributed by atoms with van der Waals surface area (Å²) in [6.45, 7) is 2.62. The van der Waals surface area contributed by atoms with Crippen molar-refractivity contribution < 1.29 is 0 Å². The summed E-state index contributed by atoms with van der Waals surface area (Å²) >= 11 is 2.50. The Morgan fingerprint density at radius 2 is 1.65 bits per heavy atom. The summed E-state index contributed by atoms with van der Waals surface area (Å²) in [4.78, 5) is 5.56. The molecular weight excluding hydrogens is 323 g/mol. The summed E-state index contributed by atoms with van der Waals surface area (Å²) in [5.74, 6) is 1.56. The van der Waals surface area contributed by atoms with Crippen LogP contribution in [0.15, 0.2) is 0 Å². The number of rotatable bonds is 1. The van der Waals surface area contributed by atoms with E-state index in [-0.39, 0.29) is 0 Å². The molecule has 0 amide bonds. The second kappa shape index (κ2) is 4.34. The van der Waals surface area contributed by atoms with E-state index in [2.05, 4.69) is 51.7 Å². The molecule has 0 aromatic rings. The van der Waals surface area contributed by atoms with Crippen molar-refractivity contribution >= 4 is 22.6 Å². The first-order valence-electron chi connectivity index (χ1n) is 6.79. The molecule has 1 aliphatic carbocycles. The van der Waals surface area contributed by atoms with Gasteiger partial charge in [0.25, 0.3) is 0 Å². The van der Waals surface area contributed by atoms with Crippen LogP contribution < -0.4 is 0 Å². The predicted octanol–water partition coefficient (Wildman–Crippen LogP) is 2.42. The molecule has 91 valence electrons. The van der Waals surface area contributed by atoms with Crippen LogP contribution in [0.3, 0.4) is 0 Å². The third-order valence-corrected chi connectivity index (χ3v) is 5.81. The van der Waals surface area contributed by atoms with E-state index < -0.39 is 0 Å². The Morgan fingerprint density at radius 3 is 2.18 bits per heavy atom. The van der Waals surface area contributed by atoms with Crippen LogP contribution in [0.25, 0.3) is 0 Å².